The second-order valence-corrected chi connectivity index (χ2v) is 5.53. The number of ether oxygens (including phenoxy) is 2. The summed E-state index contributed by atoms with van der Waals surface area (Å²) in [5, 5.41) is 8.63. The van der Waals surface area contributed by atoms with E-state index in [-0.39, 0.29) is 5.75 Å². The highest BCUT2D eigenvalue weighted by molar-refractivity contribution is 5.71. The molecule has 1 atom stereocenters. The number of fused-ring (bicyclic) bond motifs is 1. The molecule has 1 aliphatic rings. The van der Waals surface area contributed by atoms with Crippen LogP contribution in [0.15, 0.2) is 18.2 Å². The van der Waals surface area contributed by atoms with Gasteiger partial charge in [-0.15, -0.1) is 0 Å². The zero-order valence-electron chi connectivity index (χ0n) is 11.5. The molecule has 0 aromatic heterocycles. The monoisotopic (exact) mass is 304 g/mol. The summed E-state index contributed by atoms with van der Waals surface area (Å²) in [6.45, 7) is 2.72. The number of carboxylic acids is 1. The maximum absolute atomic E-state index is 12.6. The first kappa shape index (κ1) is 15.5. The van der Waals surface area contributed by atoms with Crippen LogP contribution in [-0.4, -0.2) is 29.5 Å². The summed E-state index contributed by atoms with van der Waals surface area (Å²) in [7, 11) is 0. The van der Waals surface area contributed by atoms with Gasteiger partial charge in [0, 0.05) is 12.0 Å². The van der Waals surface area contributed by atoms with Crippen LogP contribution in [-0.2, 0) is 11.2 Å². The maximum Gasteiger partial charge on any atom is 0.405 e. The number of hydrogen-bond acceptors (Lipinski definition) is 3. The fraction of sp³-hybridized carbons (Fsp3) is 0.500. The van der Waals surface area contributed by atoms with Crippen LogP contribution >= 0.6 is 0 Å². The Balaban J connectivity index is 2.16. The normalized spacial score (nSPS) is 17.8. The minimum Gasteiger partial charge on any atom is -0.488 e. The minimum absolute atomic E-state index is 0.133. The number of benzene rings is 1. The highest BCUT2D eigenvalue weighted by atomic mass is 19.4. The summed E-state index contributed by atoms with van der Waals surface area (Å²) >= 11 is 0. The summed E-state index contributed by atoms with van der Waals surface area (Å²) in [4.78, 5) is 10.7. The van der Waals surface area contributed by atoms with E-state index in [0.29, 0.717) is 12.2 Å². The Morgan fingerprint density at radius 1 is 1.48 bits per heavy atom. The molecule has 4 nitrogen and oxygen atoms in total. The average Bonchev–Trinajstić information content (AvgIpc) is 2.61. The van der Waals surface area contributed by atoms with E-state index < -0.39 is 30.3 Å². The Hall–Kier alpha value is -1.92. The molecule has 1 aromatic carbocycles. The molecule has 2 rings (SSSR count). The van der Waals surface area contributed by atoms with Gasteiger partial charge in [0.15, 0.2) is 17.4 Å². The predicted molar refractivity (Wildman–Crippen MR) is 67.5 cm³/mol. The van der Waals surface area contributed by atoms with Crippen molar-refractivity contribution >= 4 is 5.97 Å². The molecule has 1 heterocycles. The van der Waals surface area contributed by atoms with Crippen LogP contribution in [0.1, 0.15) is 19.4 Å². The molecule has 1 N–H and O–H groups in total. The molecule has 0 amide bonds. The van der Waals surface area contributed by atoms with E-state index in [4.69, 9.17) is 14.6 Å². The lowest BCUT2D eigenvalue weighted by Crippen LogP contribution is -2.35. The fourth-order valence-corrected chi connectivity index (χ4v) is 2.18. The van der Waals surface area contributed by atoms with Gasteiger partial charge in [0.1, 0.15) is 12.2 Å². The number of rotatable bonds is 4. The van der Waals surface area contributed by atoms with Gasteiger partial charge in [0.2, 0.25) is 0 Å². The van der Waals surface area contributed by atoms with Crippen molar-refractivity contribution in [1.29, 1.82) is 0 Å². The van der Waals surface area contributed by atoms with Gasteiger partial charge >= 0.3 is 12.1 Å². The quantitative estimate of drug-likeness (QED) is 0.929. The Morgan fingerprint density at radius 2 is 2.14 bits per heavy atom. The van der Waals surface area contributed by atoms with Gasteiger partial charge in [-0.3, -0.25) is 4.79 Å². The SMILES string of the molecule is CC1(C)Cc2cccc(OCC(C(=O)O)C(F)(F)F)c2O1. The van der Waals surface area contributed by atoms with E-state index in [9.17, 15) is 18.0 Å². The van der Waals surface area contributed by atoms with E-state index in [2.05, 4.69) is 0 Å². The molecule has 0 saturated heterocycles. The van der Waals surface area contributed by atoms with Crippen LogP contribution < -0.4 is 9.47 Å². The molecule has 21 heavy (non-hydrogen) atoms. The van der Waals surface area contributed by atoms with Crippen molar-refractivity contribution in [3.05, 3.63) is 23.8 Å². The van der Waals surface area contributed by atoms with Crippen LogP contribution in [0.3, 0.4) is 0 Å². The molecule has 0 bridgehead atoms. The molecule has 1 unspecified atom stereocenters. The number of carbonyl (C=O) groups is 1. The zero-order chi connectivity index (χ0) is 15.8. The minimum atomic E-state index is -4.86. The number of aliphatic carboxylic acids is 1. The van der Waals surface area contributed by atoms with Gasteiger partial charge in [-0.2, -0.15) is 13.2 Å². The van der Waals surface area contributed by atoms with Crippen LogP contribution in [0.4, 0.5) is 13.2 Å². The number of para-hydroxylation sites is 1. The smallest absolute Gasteiger partial charge is 0.405 e. The van der Waals surface area contributed by atoms with Gasteiger partial charge in [-0.25, -0.2) is 0 Å². The van der Waals surface area contributed by atoms with Crippen LogP contribution in [0.25, 0.3) is 0 Å². The number of hydrogen-bond donors (Lipinski definition) is 1. The van der Waals surface area contributed by atoms with Gasteiger partial charge in [-0.1, -0.05) is 12.1 Å². The third kappa shape index (κ3) is 3.40. The summed E-state index contributed by atoms with van der Waals surface area (Å²) < 4.78 is 48.5. The van der Waals surface area contributed by atoms with Crippen molar-refractivity contribution in [2.45, 2.75) is 32.0 Å². The molecular weight excluding hydrogens is 289 g/mol. The maximum atomic E-state index is 12.6. The third-order valence-electron chi connectivity index (χ3n) is 3.15. The first-order valence-electron chi connectivity index (χ1n) is 6.33. The van der Waals surface area contributed by atoms with E-state index in [1.807, 2.05) is 13.8 Å². The highest BCUT2D eigenvalue weighted by Gasteiger charge is 2.46. The molecule has 0 radical (unpaired) electrons. The Bertz CT molecular complexity index is 552. The van der Waals surface area contributed by atoms with Crippen LogP contribution in [0, 0.1) is 5.92 Å². The van der Waals surface area contributed by atoms with Crippen molar-refractivity contribution in [1.82, 2.24) is 0 Å². The molecule has 0 saturated carbocycles. The average molecular weight is 304 g/mol. The third-order valence-corrected chi connectivity index (χ3v) is 3.15. The van der Waals surface area contributed by atoms with Crippen molar-refractivity contribution < 1.29 is 32.5 Å². The molecule has 7 heteroatoms. The topological polar surface area (TPSA) is 55.8 Å². The molecule has 0 fully saturated rings. The second-order valence-electron chi connectivity index (χ2n) is 5.53. The van der Waals surface area contributed by atoms with Gasteiger partial charge in [0.25, 0.3) is 0 Å². The molecule has 1 aliphatic heterocycles. The van der Waals surface area contributed by atoms with Gasteiger partial charge < -0.3 is 14.6 Å². The number of carboxylic acid groups (broad SMARTS) is 1. The predicted octanol–water partition coefficient (Wildman–Crippen LogP) is 3.04. The standard InChI is InChI=1S/C14H15F3O4/c1-13(2)6-8-4-3-5-10(11(8)21-13)20-7-9(12(18)19)14(15,16)17/h3-5,9H,6-7H2,1-2H3,(H,18,19). The van der Waals surface area contributed by atoms with Crippen molar-refractivity contribution in [3.8, 4) is 11.5 Å². The first-order valence-corrected chi connectivity index (χ1v) is 6.33. The van der Waals surface area contributed by atoms with Gasteiger partial charge in [-0.05, 0) is 19.9 Å². The lowest BCUT2D eigenvalue weighted by Gasteiger charge is -2.20. The van der Waals surface area contributed by atoms with E-state index in [0.717, 1.165) is 5.56 Å². The highest BCUT2D eigenvalue weighted by Crippen LogP contribution is 2.42. The fourth-order valence-electron chi connectivity index (χ4n) is 2.18. The molecule has 1 aromatic rings. The van der Waals surface area contributed by atoms with Crippen molar-refractivity contribution in [2.75, 3.05) is 6.61 Å². The Morgan fingerprint density at radius 3 is 2.71 bits per heavy atom. The van der Waals surface area contributed by atoms with Gasteiger partial charge in [0.05, 0.1) is 0 Å². The van der Waals surface area contributed by atoms with E-state index in [1.165, 1.54) is 6.07 Å². The lowest BCUT2D eigenvalue weighted by atomic mass is 10.0. The van der Waals surface area contributed by atoms with E-state index >= 15 is 0 Å². The second kappa shape index (κ2) is 5.13. The largest absolute Gasteiger partial charge is 0.488 e. The van der Waals surface area contributed by atoms with E-state index in [1.54, 1.807) is 12.1 Å². The molecule has 0 aliphatic carbocycles. The number of alkyl halides is 3. The zero-order valence-corrected chi connectivity index (χ0v) is 11.5. The first-order chi connectivity index (χ1) is 9.60. The summed E-state index contributed by atoms with van der Waals surface area (Å²) in [5.41, 5.74) is 0.370. The lowest BCUT2D eigenvalue weighted by molar-refractivity contribution is -0.198. The molecule has 0 spiro atoms. The molecule has 116 valence electrons. The Labute approximate surface area is 119 Å². The molecular formula is C14H15F3O4. The number of halogens is 3. The van der Waals surface area contributed by atoms with Crippen LogP contribution in [0.5, 0.6) is 11.5 Å². The summed E-state index contributed by atoms with van der Waals surface area (Å²) in [6.07, 6.45) is -4.24. The van der Waals surface area contributed by atoms with Crippen molar-refractivity contribution in [2.24, 2.45) is 5.92 Å². The summed E-state index contributed by atoms with van der Waals surface area (Å²) in [6, 6.07) is 4.91. The van der Waals surface area contributed by atoms with Crippen molar-refractivity contribution in [3.63, 3.8) is 0 Å². The summed E-state index contributed by atoms with van der Waals surface area (Å²) in [5.74, 6) is -4.01. The van der Waals surface area contributed by atoms with Crippen LogP contribution in [0.2, 0.25) is 0 Å². The Kier molecular flexibility index (Phi) is 3.78.